The second-order valence-electron chi connectivity index (χ2n) is 8.06. The maximum absolute atomic E-state index is 13.6. The minimum Gasteiger partial charge on any atom is -0.392 e. The van der Waals surface area contributed by atoms with Crippen LogP contribution < -0.4 is 0 Å². The van der Waals surface area contributed by atoms with Gasteiger partial charge in [0.15, 0.2) is 5.82 Å². The van der Waals surface area contributed by atoms with Gasteiger partial charge < -0.3 is 5.11 Å². The van der Waals surface area contributed by atoms with Crippen molar-refractivity contribution in [2.45, 2.75) is 58.6 Å². The summed E-state index contributed by atoms with van der Waals surface area (Å²) in [6.07, 6.45) is 1.37. The quantitative estimate of drug-likeness (QED) is 0.753. The molecule has 0 radical (unpaired) electrons. The Balaban J connectivity index is 2.08. The molecular weight excluding hydrogens is 357 g/mol. The van der Waals surface area contributed by atoms with Crippen molar-refractivity contribution in [2.24, 2.45) is 0 Å². The molecule has 1 aromatic carbocycles. The van der Waals surface area contributed by atoms with Crippen molar-refractivity contribution in [3.63, 3.8) is 0 Å². The fraction of sp³-hybridized carbons (Fsp3) is 0.429. The van der Waals surface area contributed by atoms with Crippen LogP contribution in [0.5, 0.6) is 0 Å². The molecule has 2 aromatic heterocycles. The first kappa shape index (κ1) is 18.7. The van der Waals surface area contributed by atoms with Gasteiger partial charge in [0.1, 0.15) is 11.4 Å². The molecule has 0 bridgehead atoms. The Morgan fingerprint density at radius 3 is 2.54 bits per heavy atom. The number of aliphatic hydroxyl groups is 1. The third-order valence-electron chi connectivity index (χ3n) is 5.51. The molecule has 4 rings (SSSR count). The van der Waals surface area contributed by atoms with Crippen molar-refractivity contribution < 1.29 is 9.50 Å². The van der Waals surface area contributed by atoms with Gasteiger partial charge >= 0.3 is 0 Å². The summed E-state index contributed by atoms with van der Waals surface area (Å²) in [6.45, 7) is 8.12. The van der Waals surface area contributed by atoms with Crippen molar-refractivity contribution in [3.8, 4) is 11.1 Å². The summed E-state index contributed by atoms with van der Waals surface area (Å²) >= 11 is 0. The number of benzene rings is 1. The average Bonchev–Trinajstić information content (AvgIpc) is 3.11. The van der Waals surface area contributed by atoms with Crippen LogP contribution >= 0.6 is 0 Å². The van der Waals surface area contributed by atoms with Crippen molar-refractivity contribution in [1.29, 1.82) is 0 Å². The van der Waals surface area contributed by atoms with Crippen LogP contribution in [0, 0.1) is 5.82 Å². The lowest BCUT2D eigenvalue weighted by atomic mass is 9.84. The number of hydrogen-bond donors (Lipinski definition) is 1. The van der Waals surface area contributed by atoms with Gasteiger partial charge in [0, 0.05) is 17.7 Å². The van der Waals surface area contributed by atoms with E-state index in [1.165, 1.54) is 12.1 Å². The Morgan fingerprint density at radius 2 is 1.89 bits per heavy atom. The number of fused-ring (bicyclic) bond motifs is 2. The van der Waals surface area contributed by atoms with Crippen LogP contribution in [0.1, 0.15) is 62.0 Å². The number of halogens is 1. The van der Waals surface area contributed by atoms with Gasteiger partial charge in [-0.2, -0.15) is 0 Å². The van der Waals surface area contributed by atoms with Gasteiger partial charge in [-0.25, -0.2) is 9.07 Å². The molecule has 1 aliphatic heterocycles. The smallest absolute Gasteiger partial charge is 0.152 e. The van der Waals surface area contributed by atoms with E-state index in [0.717, 1.165) is 39.5 Å². The Morgan fingerprint density at radius 1 is 1.18 bits per heavy atom. The highest BCUT2D eigenvalue weighted by molar-refractivity contribution is 5.73. The highest BCUT2D eigenvalue weighted by Crippen LogP contribution is 2.40. The molecule has 0 aliphatic carbocycles. The number of aryl methyl sites for hydroxylation is 1. The predicted octanol–water partition coefficient (Wildman–Crippen LogP) is 3.37. The fourth-order valence-corrected chi connectivity index (χ4v) is 4.17. The van der Waals surface area contributed by atoms with Gasteiger partial charge in [-0.05, 0) is 65.4 Å². The number of pyridine rings is 1. The monoisotopic (exact) mass is 381 g/mol. The molecule has 0 atom stereocenters. The molecule has 28 heavy (non-hydrogen) atoms. The predicted molar refractivity (Wildman–Crippen MR) is 103 cm³/mol. The van der Waals surface area contributed by atoms with E-state index in [2.05, 4.69) is 43.2 Å². The molecule has 0 unspecified atom stereocenters. The Hall–Kier alpha value is -2.67. The Bertz CT molecular complexity index is 1020. The minimum absolute atomic E-state index is 0.120. The lowest BCUT2D eigenvalue weighted by Crippen LogP contribution is -2.32. The zero-order valence-electron chi connectivity index (χ0n) is 16.6. The summed E-state index contributed by atoms with van der Waals surface area (Å²) in [6, 6.07) is 6.45. The Labute approximate surface area is 163 Å². The van der Waals surface area contributed by atoms with Gasteiger partial charge in [-0.15, -0.1) is 5.10 Å². The third kappa shape index (κ3) is 2.81. The molecule has 6 nitrogen and oxygen atoms in total. The highest BCUT2D eigenvalue weighted by Gasteiger charge is 2.37. The maximum Gasteiger partial charge on any atom is 0.152 e. The maximum atomic E-state index is 13.6. The first-order valence-corrected chi connectivity index (χ1v) is 9.55. The second-order valence-corrected chi connectivity index (χ2v) is 8.06. The van der Waals surface area contributed by atoms with E-state index in [1.54, 1.807) is 12.1 Å². The van der Waals surface area contributed by atoms with Gasteiger partial charge in [0.25, 0.3) is 0 Å². The summed E-state index contributed by atoms with van der Waals surface area (Å²) in [4.78, 5) is 5.03. The van der Waals surface area contributed by atoms with E-state index in [0.29, 0.717) is 12.8 Å². The molecule has 146 valence electrons. The van der Waals surface area contributed by atoms with Crippen LogP contribution in [0.25, 0.3) is 11.1 Å². The molecule has 0 saturated carbocycles. The van der Waals surface area contributed by atoms with Gasteiger partial charge in [-0.3, -0.25) is 4.98 Å². The van der Waals surface area contributed by atoms with Crippen molar-refractivity contribution in [1.82, 2.24) is 25.2 Å². The molecule has 0 saturated heterocycles. The number of tetrazole rings is 1. The molecule has 3 heterocycles. The van der Waals surface area contributed by atoms with Crippen molar-refractivity contribution in [3.05, 3.63) is 58.4 Å². The lowest BCUT2D eigenvalue weighted by Gasteiger charge is -2.29. The van der Waals surface area contributed by atoms with Gasteiger partial charge in [0.05, 0.1) is 12.3 Å². The fourth-order valence-electron chi connectivity index (χ4n) is 4.17. The summed E-state index contributed by atoms with van der Waals surface area (Å²) in [5.41, 5.74) is 4.90. The topological polar surface area (TPSA) is 76.7 Å². The van der Waals surface area contributed by atoms with E-state index in [4.69, 9.17) is 4.98 Å². The van der Waals surface area contributed by atoms with Gasteiger partial charge in [-0.1, -0.05) is 26.0 Å². The van der Waals surface area contributed by atoms with E-state index < -0.39 is 5.54 Å². The summed E-state index contributed by atoms with van der Waals surface area (Å²) < 4.78 is 15.4. The molecule has 0 fully saturated rings. The largest absolute Gasteiger partial charge is 0.392 e. The highest BCUT2D eigenvalue weighted by atomic mass is 19.1. The number of hydrogen-bond acceptors (Lipinski definition) is 5. The lowest BCUT2D eigenvalue weighted by molar-refractivity contribution is 0.279. The second kappa shape index (κ2) is 6.74. The molecule has 7 heteroatoms. The third-order valence-corrected chi connectivity index (χ3v) is 5.51. The first-order chi connectivity index (χ1) is 13.3. The Kier molecular flexibility index (Phi) is 4.50. The van der Waals surface area contributed by atoms with Crippen LogP contribution in [-0.4, -0.2) is 30.3 Å². The van der Waals surface area contributed by atoms with E-state index >= 15 is 0 Å². The van der Waals surface area contributed by atoms with E-state index in [9.17, 15) is 9.50 Å². The standard InChI is InChI=1S/C21H24FN5O/c1-12(2)19-16(11-28)18(13-5-7-14(22)8-6-13)15-9-10-17-24-25-26-27(17)21(3,4)20(15)23-19/h5-8,12,28H,9-11H2,1-4H3. The van der Waals surface area contributed by atoms with Crippen LogP contribution in [0.2, 0.25) is 0 Å². The zero-order valence-corrected chi connectivity index (χ0v) is 16.6. The van der Waals surface area contributed by atoms with Crippen LogP contribution in [0.3, 0.4) is 0 Å². The number of nitrogens with zero attached hydrogens (tertiary/aromatic N) is 5. The number of aliphatic hydroxyl groups excluding tert-OH is 1. The normalized spacial score (nSPS) is 15.2. The van der Waals surface area contributed by atoms with E-state index in [-0.39, 0.29) is 18.3 Å². The van der Waals surface area contributed by atoms with Gasteiger partial charge in [0.2, 0.25) is 0 Å². The summed E-state index contributed by atoms with van der Waals surface area (Å²) in [5.74, 6) is 0.651. The summed E-state index contributed by atoms with van der Waals surface area (Å²) in [7, 11) is 0. The van der Waals surface area contributed by atoms with Crippen LogP contribution in [0.15, 0.2) is 24.3 Å². The SMILES string of the molecule is CC(C)c1nc2c(c(-c3ccc(F)cc3)c1CO)CCc1nnnn1C2(C)C. The van der Waals surface area contributed by atoms with Crippen molar-refractivity contribution >= 4 is 0 Å². The molecule has 1 aliphatic rings. The van der Waals surface area contributed by atoms with Crippen LogP contribution in [-0.2, 0) is 25.0 Å². The van der Waals surface area contributed by atoms with Crippen molar-refractivity contribution in [2.75, 3.05) is 0 Å². The summed E-state index contributed by atoms with van der Waals surface area (Å²) in [5, 5.41) is 22.5. The zero-order chi connectivity index (χ0) is 20.1. The molecular formula is C21H24FN5O. The van der Waals surface area contributed by atoms with E-state index in [1.807, 2.05) is 4.68 Å². The number of rotatable bonds is 3. The van der Waals surface area contributed by atoms with Crippen LogP contribution in [0.4, 0.5) is 4.39 Å². The molecule has 0 amide bonds. The molecule has 0 spiro atoms. The first-order valence-electron chi connectivity index (χ1n) is 9.55. The number of aromatic nitrogens is 5. The molecule has 3 aromatic rings. The minimum atomic E-state index is -0.545. The average molecular weight is 381 g/mol. The molecule has 1 N–H and O–H groups in total.